The second-order valence-electron chi connectivity index (χ2n) is 5.54. The Morgan fingerprint density at radius 1 is 1.24 bits per heavy atom. The summed E-state index contributed by atoms with van der Waals surface area (Å²) >= 11 is 0. The van der Waals surface area contributed by atoms with E-state index in [2.05, 4.69) is 30.2 Å². The molecule has 0 aliphatic heterocycles. The van der Waals surface area contributed by atoms with Gasteiger partial charge in [0.05, 0.1) is 0 Å². The third-order valence-corrected chi connectivity index (χ3v) is 3.69. The summed E-state index contributed by atoms with van der Waals surface area (Å²) in [7, 11) is 0. The van der Waals surface area contributed by atoms with Crippen molar-refractivity contribution in [2.75, 3.05) is 6.54 Å². The molecule has 0 saturated carbocycles. The second-order valence-corrected chi connectivity index (χ2v) is 5.54. The number of aromatic nitrogens is 1. The van der Waals surface area contributed by atoms with Gasteiger partial charge >= 0.3 is 0 Å². The number of aryl methyl sites for hydroxylation is 1. The first-order valence-corrected chi connectivity index (χ1v) is 7.53. The third kappa shape index (κ3) is 4.11. The van der Waals surface area contributed by atoms with E-state index in [-0.39, 0.29) is 17.8 Å². The maximum absolute atomic E-state index is 13.7. The summed E-state index contributed by atoms with van der Waals surface area (Å²) in [6.07, 6.45) is 2.85. The molecule has 0 aliphatic rings. The Morgan fingerprint density at radius 2 is 2.05 bits per heavy atom. The molecule has 0 radical (unpaired) electrons. The van der Waals surface area contributed by atoms with E-state index in [1.54, 1.807) is 18.3 Å². The van der Waals surface area contributed by atoms with Crippen LogP contribution in [0.15, 0.2) is 42.6 Å². The molecule has 2 rings (SSSR count). The van der Waals surface area contributed by atoms with Crippen molar-refractivity contribution in [1.29, 1.82) is 0 Å². The minimum absolute atomic E-state index is 0.0641. The lowest BCUT2D eigenvalue weighted by Crippen LogP contribution is -2.27. The fourth-order valence-corrected chi connectivity index (χ4v) is 2.64. The molecule has 2 nitrogen and oxygen atoms in total. The summed E-state index contributed by atoms with van der Waals surface area (Å²) in [4.78, 5) is 4.44. The third-order valence-electron chi connectivity index (χ3n) is 3.69. The van der Waals surface area contributed by atoms with Crippen LogP contribution < -0.4 is 5.32 Å². The van der Waals surface area contributed by atoms with E-state index in [4.69, 9.17) is 0 Å². The molecule has 0 spiro atoms. The molecule has 21 heavy (non-hydrogen) atoms. The zero-order chi connectivity index (χ0) is 15.2. The maximum atomic E-state index is 13.7. The molecule has 0 aliphatic carbocycles. The average Bonchev–Trinajstić information content (AvgIpc) is 2.47. The zero-order valence-electron chi connectivity index (χ0n) is 12.9. The van der Waals surface area contributed by atoms with Gasteiger partial charge in [0.2, 0.25) is 0 Å². The van der Waals surface area contributed by atoms with Crippen molar-refractivity contribution in [3.05, 3.63) is 65.2 Å². The normalized spacial score (nSPS) is 13.9. The first-order valence-electron chi connectivity index (χ1n) is 7.53. The van der Waals surface area contributed by atoms with Gasteiger partial charge in [-0.05, 0) is 55.3 Å². The number of nitrogens with one attached hydrogen (secondary N) is 1. The van der Waals surface area contributed by atoms with Gasteiger partial charge in [-0.25, -0.2) is 4.39 Å². The van der Waals surface area contributed by atoms with E-state index in [0.717, 1.165) is 29.8 Å². The molecule has 3 heteroatoms. The minimum Gasteiger partial charge on any atom is -0.309 e. The first kappa shape index (κ1) is 15.6. The van der Waals surface area contributed by atoms with E-state index in [1.165, 1.54) is 0 Å². The molecule has 0 saturated heterocycles. The summed E-state index contributed by atoms with van der Waals surface area (Å²) in [5.74, 6) is 0.000435. The predicted octanol–water partition coefficient (Wildman–Crippen LogP) is 4.37. The van der Waals surface area contributed by atoms with Crippen molar-refractivity contribution >= 4 is 0 Å². The van der Waals surface area contributed by atoms with Gasteiger partial charge in [0.25, 0.3) is 0 Å². The predicted molar refractivity (Wildman–Crippen MR) is 84.8 cm³/mol. The van der Waals surface area contributed by atoms with Crippen LogP contribution in [-0.4, -0.2) is 11.5 Å². The SMILES string of the molecule is CCCNC(c1cc(C)cc(F)c1)C(C)c1ccccn1. The number of hydrogen-bond donors (Lipinski definition) is 1. The molecule has 0 bridgehead atoms. The first-order chi connectivity index (χ1) is 10.1. The van der Waals surface area contributed by atoms with Crippen LogP contribution in [0.5, 0.6) is 0 Å². The van der Waals surface area contributed by atoms with Gasteiger partial charge in [-0.3, -0.25) is 4.98 Å². The molecular formula is C18H23FN2. The molecule has 2 atom stereocenters. The fraction of sp³-hybridized carbons (Fsp3) is 0.389. The Morgan fingerprint density at radius 3 is 2.67 bits per heavy atom. The lowest BCUT2D eigenvalue weighted by atomic mass is 9.90. The number of rotatable bonds is 6. The van der Waals surface area contributed by atoms with E-state index in [1.807, 2.05) is 25.1 Å². The monoisotopic (exact) mass is 286 g/mol. The number of halogens is 1. The second kappa shape index (κ2) is 7.32. The van der Waals surface area contributed by atoms with Gasteiger partial charge in [-0.2, -0.15) is 0 Å². The Balaban J connectivity index is 2.33. The van der Waals surface area contributed by atoms with Gasteiger partial charge in [0.15, 0.2) is 0 Å². The quantitative estimate of drug-likeness (QED) is 0.852. The van der Waals surface area contributed by atoms with Crippen molar-refractivity contribution in [2.24, 2.45) is 0 Å². The summed E-state index contributed by atoms with van der Waals surface area (Å²) < 4.78 is 13.7. The van der Waals surface area contributed by atoms with Crippen LogP contribution in [0.4, 0.5) is 4.39 Å². The highest BCUT2D eigenvalue weighted by atomic mass is 19.1. The number of benzene rings is 1. The van der Waals surface area contributed by atoms with Crippen molar-refractivity contribution in [2.45, 2.75) is 39.2 Å². The van der Waals surface area contributed by atoms with Gasteiger partial charge < -0.3 is 5.32 Å². The largest absolute Gasteiger partial charge is 0.309 e. The summed E-state index contributed by atoms with van der Waals surface area (Å²) in [5.41, 5.74) is 2.95. The fourth-order valence-electron chi connectivity index (χ4n) is 2.64. The van der Waals surface area contributed by atoms with Gasteiger partial charge in [-0.15, -0.1) is 0 Å². The Hall–Kier alpha value is -1.74. The standard InChI is InChI=1S/C18H23FN2/c1-4-8-21-18(14(3)17-7-5-6-9-20-17)15-10-13(2)11-16(19)12-15/h5-7,9-12,14,18,21H,4,8H2,1-3H3. The van der Waals surface area contributed by atoms with E-state index in [9.17, 15) is 4.39 Å². The Bertz CT molecular complexity index is 548. The number of nitrogens with zero attached hydrogens (tertiary/aromatic N) is 1. The highest BCUT2D eigenvalue weighted by Crippen LogP contribution is 2.30. The lowest BCUT2D eigenvalue weighted by molar-refractivity contribution is 0.457. The van der Waals surface area contributed by atoms with Crippen LogP contribution in [0.25, 0.3) is 0 Å². The Kier molecular flexibility index (Phi) is 5.45. The molecule has 0 fully saturated rings. The summed E-state index contributed by atoms with van der Waals surface area (Å²) in [6.45, 7) is 7.09. The molecule has 1 aromatic carbocycles. The van der Waals surface area contributed by atoms with Crippen LogP contribution in [0.3, 0.4) is 0 Å². The number of pyridine rings is 1. The molecule has 2 unspecified atom stereocenters. The molecule has 112 valence electrons. The topological polar surface area (TPSA) is 24.9 Å². The van der Waals surface area contributed by atoms with Crippen LogP contribution in [0, 0.1) is 12.7 Å². The van der Waals surface area contributed by atoms with E-state index >= 15 is 0 Å². The average molecular weight is 286 g/mol. The summed E-state index contributed by atoms with van der Waals surface area (Å²) in [5, 5.41) is 3.53. The molecule has 1 aromatic heterocycles. The van der Waals surface area contributed by atoms with Gasteiger partial charge in [0, 0.05) is 23.9 Å². The maximum Gasteiger partial charge on any atom is 0.123 e. The summed E-state index contributed by atoms with van der Waals surface area (Å²) in [6, 6.07) is 11.2. The van der Waals surface area contributed by atoms with Gasteiger partial charge in [0.1, 0.15) is 5.82 Å². The van der Waals surface area contributed by atoms with Crippen LogP contribution in [0.2, 0.25) is 0 Å². The van der Waals surface area contributed by atoms with Crippen molar-refractivity contribution in [3.63, 3.8) is 0 Å². The van der Waals surface area contributed by atoms with Crippen LogP contribution in [-0.2, 0) is 0 Å². The van der Waals surface area contributed by atoms with Crippen molar-refractivity contribution in [3.8, 4) is 0 Å². The highest BCUT2D eigenvalue weighted by molar-refractivity contribution is 5.29. The van der Waals surface area contributed by atoms with Crippen LogP contribution in [0.1, 0.15) is 49.0 Å². The van der Waals surface area contributed by atoms with Crippen molar-refractivity contribution in [1.82, 2.24) is 10.3 Å². The zero-order valence-corrected chi connectivity index (χ0v) is 12.9. The molecule has 1 N–H and O–H groups in total. The molecule has 1 heterocycles. The minimum atomic E-state index is -0.179. The molecular weight excluding hydrogens is 263 g/mol. The molecule has 2 aromatic rings. The van der Waals surface area contributed by atoms with Crippen molar-refractivity contribution < 1.29 is 4.39 Å². The highest BCUT2D eigenvalue weighted by Gasteiger charge is 2.21. The smallest absolute Gasteiger partial charge is 0.123 e. The van der Waals surface area contributed by atoms with E-state index < -0.39 is 0 Å². The molecule has 0 amide bonds. The lowest BCUT2D eigenvalue weighted by Gasteiger charge is -2.26. The van der Waals surface area contributed by atoms with E-state index in [0.29, 0.717) is 0 Å². The van der Waals surface area contributed by atoms with Crippen LogP contribution >= 0.6 is 0 Å². The number of hydrogen-bond acceptors (Lipinski definition) is 2. The Labute approximate surface area is 126 Å². The van der Waals surface area contributed by atoms with Gasteiger partial charge in [-0.1, -0.05) is 26.0 Å².